The average molecular weight is 489 g/mol. The lowest BCUT2D eigenvalue weighted by Gasteiger charge is -2.33. The zero-order valence-electron chi connectivity index (χ0n) is 18.0. The zero-order valence-corrected chi connectivity index (χ0v) is 18.0. The Morgan fingerprint density at radius 3 is 2.79 bits per heavy atom. The molecule has 2 aliphatic rings. The molecule has 1 aliphatic carbocycles. The number of aromatic nitrogens is 3. The first kappa shape index (κ1) is 24.1. The summed E-state index contributed by atoms with van der Waals surface area (Å²) >= 11 is 0. The molecule has 3 heterocycles. The van der Waals surface area contributed by atoms with Gasteiger partial charge in [0.25, 0.3) is 0 Å². The van der Waals surface area contributed by atoms with Crippen LogP contribution in [0.15, 0.2) is 18.3 Å². The number of rotatable bonds is 5. The smallest absolute Gasteiger partial charge is 0.405 e. The quantitative estimate of drug-likeness (QED) is 0.555. The minimum absolute atomic E-state index is 0.0203. The summed E-state index contributed by atoms with van der Waals surface area (Å²) < 4.78 is 68.5. The fourth-order valence-electron chi connectivity index (χ4n) is 4.84. The van der Waals surface area contributed by atoms with Gasteiger partial charge in [-0.25, -0.2) is 23.1 Å². The third kappa shape index (κ3) is 5.39. The molecule has 1 saturated heterocycles. The molecule has 186 valence electrons. The number of amides is 2. The molecule has 4 rings (SSSR count). The van der Waals surface area contributed by atoms with E-state index in [1.165, 1.54) is 16.8 Å². The van der Waals surface area contributed by atoms with Gasteiger partial charge in [-0.1, -0.05) is 0 Å². The van der Waals surface area contributed by atoms with Gasteiger partial charge in [0.1, 0.15) is 0 Å². The van der Waals surface area contributed by atoms with Crippen LogP contribution >= 0.6 is 0 Å². The first-order valence-electron chi connectivity index (χ1n) is 11.0. The van der Waals surface area contributed by atoms with Crippen molar-refractivity contribution in [3.05, 3.63) is 29.7 Å². The number of imidazole rings is 1. The van der Waals surface area contributed by atoms with E-state index in [4.69, 9.17) is 0 Å². The number of fused-ring (bicyclic) bond motifs is 1. The molecule has 0 spiro atoms. The van der Waals surface area contributed by atoms with Gasteiger partial charge in [0.05, 0.1) is 29.5 Å². The zero-order chi connectivity index (χ0) is 24.7. The number of hydrogen-bond acceptors (Lipinski definition) is 4. The molecular formula is C21H24F5N5O3. The molecular weight excluding hydrogens is 465 g/mol. The highest BCUT2D eigenvalue weighted by molar-refractivity contribution is 5.79. The van der Waals surface area contributed by atoms with Crippen molar-refractivity contribution in [2.45, 2.75) is 56.7 Å². The fraction of sp³-hybridized carbons (Fsp3) is 0.619. The molecule has 13 heteroatoms. The lowest BCUT2D eigenvalue weighted by molar-refractivity contribution is -0.183. The van der Waals surface area contributed by atoms with Crippen molar-refractivity contribution in [2.75, 3.05) is 6.54 Å². The third-order valence-corrected chi connectivity index (χ3v) is 6.52. The maximum absolute atomic E-state index is 14.0. The Hall–Kier alpha value is -2.99. The van der Waals surface area contributed by atoms with Crippen LogP contribution in [0.3, 0.4) is 0 Å². The Morgan fingerprint density at radius 1 is 1.35 bits per heavy atom. The summed E-state index contributed by atoms with van der Waals surface area (Å²) in [5, 5.41) is 18.1. The Morgan fingerprint density at radius 2 is 2.12 bits per heavy atom. The summed E-state index contributed by atoms with van der Waals surface area (Å²) in [5.41, 5.74) is 0.897. The van der Waals surface area contributed by atoms with Gasteiger partial charge in [0.15, 0.2) is 5.65 Å². The van der Waals surface area contributed by atoms with Crippen LogP contribution < -0.4 is 10.6 Å². The lowest BCUT2D eigenvalue weighted by Crippen LogP contribution is -2.47. The van der Waals surface area contributed by atoms with Gasteiger partial charge in [-0.2, -0.15) is 18.3 Å². The third-order valence-electron chi connectivity index (χ3n) is 6.52. The average Bonchev–Trinajstić information content (AvgIpc) is 3.15. The highest BCUT2D eigenvalue weighted by Gasteiger charge is 2.45. The molecule has 8 nitrogen and oxygen atoms in total. The van der Waals surface area contributed by atoms with Crippen LogP contribution in [-0.2, 0) is 11.2 Å². The van der Waals surface area contributed by atoms with Gasteiger partial charge in [0, 0.05) is 31.7 Å². The number of hydrogen-bond donors (Lipinski definition) is 3. The molecule has 1 saturated carbocycles. The van der Waals surface area contributed by atoms with Gasteiger partial charge < -0.3 is 15.7 Å². The van der Waals surface area contributed by atoms with Crippen LogP contribution in [0.25, 0.3) is 5.65 Å². The van der Waals surface area contributed by atoms with Gasteiger partial charge in [-0.05, 0) is 37.3 Å². The van der Waals surface area contributed by atoms with Gasteiger partial charge in [-0.15, -0.1) is 0 Å². The summed E-state index contributed by atoms with van der Waals surface area (Å²) in [6, 6.07) is 2.11. The van der Waals surface area contributed by atoms with Crippen LogP contribution in [0, 0.1) is 17.8 Å². The number of alkyl halides is 5. The Kier molecular flexibility index (Phi) is 6.38. The predicted molar refractivity (Wildman–Crippen MR) is 108 cm³/mol. The minimum Gasteiger partial charge on any atom is -0.465 e. The molecule has 2 fully saturated rings. The second kappa shape index (κ2) is 8.99. The number of nitrogens with zero attached hydrogens (tertiary/aromatic N) is 3. The van der Waals surface area contributed by atoms with Crippen LogP contribution in [0.4, 0.5) is 26.7 Å². The molecule has 34 heavy (non-hydrogen) atoms. The van der Waals surface area contributed by atoms with E-state index >= 15 is 0 Å². The highest BCUT2D eigenvalue weighted by Crippen LogP contribution is 2.42. The largest absolute Gasteiger partial charge is 0.465 e. The molecule has 0 aromatic carbocycles. The van der Waals surface area contributed by atoms with Gasteiger partial charge in [0.2, 0.25) is 11.8 Å². The fourth-order valence-corrected chi connectivity index (χ4v) is 4.84. The van der Waals surface area contributed by atoms with Crippen molar-refractivity contribution in [1.82, 2.24) is 25.2 Å². The van der Waals surface area contributed by atoms with Crippen molar-refractivity contribution in [2.24, 2.45) is 17.8 Å². The van der Waals surface area contributed by atoms with Gasteiger partial charge in [-0.3, -0.25) is 4.79 Å². The lowest BCUT2D eigenvalue weighted by atomic mass is 9.81. The maximum atomic E-state index is 14.0. The number of carbonyl (C=O) groups is 2. The van der Waals surface area contributed by atoms with Crippen molar-refractivity contribution >= 4 is 17.6 Å². The minimum atomic E-state index is -4.41. The molecule has 1 unspecified atom stereocenters. The first-order chi connectivity index (χ1) is 15.9. The summed E-state index contributed by atoms with van der Waals surface area (Å²) in [4.78, 5) is 27.8. The maximum Gasteiger partial charge on any atom is 0.405 e. The molecule has 2 aromatic heterocycles. The normalized spacial score (nSPS) is 26.1. The van der Waals surface area contributed by atoms with Crippen LogP contribution in [-0.4, -0.2) is 50.3 Å². The van der Waals surface area contributed by atoms with Gasteiger partial charge >= 0.3 is 12.3 Å². The summed E-state index contributed by atoms with van der Waals surface area (Å²) in [6.07, 6.45) is -4.77. The molecule has 0 radical (unpaired) electrons. The van der Waals surface area contributed by atoms with Crippen LogP contribution in [0.1, 0.15) is 49.5 Å². The predicted octanol–water partition coefficient (Wildman–Crippen LogP) is 3.72. The van der Waals surface area contributed by atoms with Crippen LogP contribution in [0.2, 0.25) is 0 Å². The van der Waals surface area contributed by atoms with E-state index < -0.39 is 60.9 Å². The Labute approximate surface area is 190 Å². The van der Waals surface area contributed by atoms with Crippen molar-refractivity contribution < 1.29 is 36.6 Å². The van der Waals surface area contributed by atoms with E-state index in [0.717, 1.165) is 0 Å². The van der Waals surface area contributed by atoms with Crippen LogP contribution in [0.5, 0.6) is 0 Å². The number of halogens is 5. The number of carboxylic acid groups (broad SMARTS) is 1. The number of carbonyl (C=O) groups excluding carboxylic acids is 1. The van der Waals surface area contributed by atoms with Crippen molar-refractivity contribution in [3.63, 3.8) is 0 Å². The monoisotopic (exact) mass is 489 g/mol. The van der Waals surface area contributed by atoms with E-state index in [1.807, 2.05) is 0 Å². The molecule has 3 N–H and O–H groups in total. The first-order valence-corrected chi connectivity index (χ1v) is 11.0. The van der Waals surface area contributed by atoms with E-state index in [-0.39, 0.29) is 31.4 Å². The number of nitrogens with one attached hydrogen (secondary N) is 2. The standard InChI is InChI=1S/C21H24F5N5O3/c22-20(23)5-1-2-11(8-20)17(29-19(33)34)15-10-31-16(28-15)4-3-14(30-31)7-12-6-13(21(24,25)26)9-27-18(12)32/h3-4,10-13,17,29H,1-2,5-9H2,(H,27,32)(H,33,34)/t11-,12?,13-,17+/m1/s1. The number of piperidine rings is 1. The summed E-state index contributed by atoms with van der Waals surface area (Å²) in [6.45, 7) is -0.450. The second-order valence-electron chi connectivity index (χ2n) is 9.05. The SMILES string of the molecule is O=C(O)N[C@H](c1cn2nc(CC3C[C@@H](C(F)(F)F)CNC3=O)ccc2n1)[C@@H]1CCCC(F)(F)C1. The second-order valence-corrected chi connectivity index (χ2v) is 9.05. The Bertz CT molecular complexity index is 1070. The van der Waals surface area contributed by atoms with Crippen molar-refractivity contribution in [3.8, 4) is 0 Å². The topological polar surface area (TPSA) is 109 Å². The highest BCUT2D eigenvalue weighted by atomic mass is 19.4. The van der Waals surface area contributed by atoms with E-state index in [1.54, 1.807) is 6.07 Å². The molecule has 4 atom stereocenters. The molecule has 0 bridgehead atoms. The van der Waals surface area contributed by atoms with E-state index in [2.05, 4.69) is 20.7 Å². The summed E-state index contributed by atoms with van der Waals surface area (Å²) in [5.74, 6) is -6.55. The molecule has 2 aromatic rings. The Balaban J connectivity index is 1.56. The van der Waals surface area contributed by atoms with Crippen molar-refractivity contribution in [1.29, 1.82) is 0 Å². The summed E-state index contributed by atoms with van der Waals surface area (Å²) in [7, 11) is 0. The van der Waals surface area contributed by atoms with E-state index in [9.17, 15) is 36.6 Å². The van der Waals surface area contributed by atoms with E-state index in [0.29, 0.717) is 17.8 Å². The molecule has 2 amide bonds. The molecule has 1 aliphatic heterocycles.